The molecular weight excluding hydrogens is 224 g/mol. The zero-order valence-electron chi connectivity index (χ0n) is 9.64. The van der Waals surface area contributed by atoms with Crippen molar-refractivity contribution in [3.63, 3.8) is 0 Å². The maximum atomic E-state index is 11.7. The third kappa shape index (κ3) is 3.29. The van der Waals surface area contributed by atoms with Gasteiger partial charge in [-0.2, -0.15) is 0 Å². The number of ether oxygens (including phenoxy) is 1. The maximum absolute atomic E-state index is 11.7. The lowest BCUT2D eigenvalue weighted by molar-refractivity contribution is -0.125. The number of carbonyl (C=O) groups is 2. The highest BCUT2D eigenvalue weighted by atomic mass is 16.5. The topological polar surface area (TPSA) is 83.8 Å². The van der Waals surface area contributed by atoms with E-state index in [0.29, 0.717) is 0 Å². The number of aliphatic hydroxyl groups excluding tert-OH is 1. The number of carbonyl (C=O) groups excluding carboxylic acids is 2. The summed E-state index contributed by atoms with van der Waals surface area (Å²) in [6, 6.07) is 4.07. The van der Waals surface area contributed by atoms with E-state index in [0.717, 1.165) is 0 Å². The van der Waals surface area contributed by atoms with Crippen LogP contribution in [0.5, 0.6) is 11.5 Å². The number of ketones is 2. The van der Waals surface area contributed by atoms with Gasteiger partial charge in [0.05, 0.1) is 13.5 Å². The van der Waals surface area contributed by atoms with Crippen molar-refractivity contribution in [1.82, 2.24) is 0 Å². The van der Waals surface area contributed by atoms with Gasteiger partial charge in [-0.1, -0.05) is 0 Å². The van der Waals surface area contributed by atoms with Crippen LogP contribution in [0, 0.1) is 0 Å². The Bertz CT molecular complexity index is 437. The highest BCUT2D eigenvalue weighted by molar-refractivity contribution is 6.09. The second-order valence-corrected chi connectivity index (χ2v) is 3.63. The van der Waals surface area contributed by atoms with Crippen molar-refractivity contribution in [2.24, 2.45) is 0 Å². The Labute approximate surface area is 98.6 Å². The molecule has 0 aliphatic carbocycles. The first-order valence-electron chi connectivity index (χ1n) is 5.06. The number of hydrogen-bond donors (Lipinski definition) is 2. The Balaban J connectivity index is 2.86. The summed E-state index contributed by atoms with van der Waals surface area (Å²) in [6.07, 6.45) is -1.52. The Morgan fingerprint density at radius 3 is 2.59 bits per heavy atom. The minimum Gasteiger partial charge on any atom is -0.504 e. The van der Waals surface area contributed by atoms with Gasteiger partial charge in [-0.25, -0.2) is 0 Å². The average Bonchev–Trinajstić information content (AvgIpc) is 2.29. The van der Waals surface area contributed by atoms with Crippen molar-refractivity contribution in [3.05, 3.63) is 23.8 Å². The quantitative estimate of drug-likeness (QED) is 0.588. The second kappa shape index (κ2) is 5.45. The van der Waals surface area contributed by atoms with Crippen molar-refractivity contribution in [2.75, 3.05) is 7.11 Å². The van der Waals surface area contributed by atoms with Crippen LogP contribution in [0.3, 0.4) is 0 Å². The molecule has 0 radical (unpaired) electrons. The van der Waals surface area contributed by atoms with Gasteiger partial charge in [-0.3, -0.25) is 9.59 Å². The fraction of sp³-hybridized carbons (Fsp3) is 0.333. The molecule has 2 N–H and O–H groups in total. The van der Waals surface area contributed by atoms with Crippen LogP contribution in [0.4, 0.5) is 0 Å². The summed E-state index contributed by atoms with van der Waals surface area (Å²) in [5.74, 6) is -0.873. The molecule has 0 spiro atoms. The molecule has 0 amide bonds. The number of methoxy groups -OCH3 is 1. The number of benzene rings is 1. The van der Waals surface area contributed by atoms with Gasteiger partial charge in [-0.15, -0.1) is 0 Å². The molecule has 5 heteroatoms. The van der Waals surface area contributed by atoms with E-state index in [-0.39, 0.29) is 23.5 Å². The van der Waals surface area contributed by atoms with Crippen LogP contribution < -0.4 is 4.74 Å². The number of hydrogen-bond acceptors (Lipinski definition) is 5. The SMILES string of the molecule is COc1cc(C(=O)CC(=O)C(C)O)ccc1O. The smallest absolute Gasteiger partial charge is 0.170 e. The molecule has 17 heavy (non-hydrogen) atoms. The third-order valence-electron chi connectivity index (χ3n) is 2.30. The standard InChI is InChI=1S/C12H14O5/c1-7(13)10(15)6-11(16)8-3-4-9(14)12(5-8)17-2/h3-5,7,13-14H,6H2,1-2H3. The summed E-state index contributed by atoms with van der Waals surface area (Å²) in [7, 11) is 1.37. The third-order valence-corrected chi connectivity index (χ3v) is 2.30. The lowest BCUT2D eigenvalue weighted by Gasteiger charge is -2.06. The van der Waals surface area contributed by atoms with Gasteiger partial charge in [0, 0.05) is 5.56 Å². The molecule has 0 saturated carbocycles. The molecule has 0 saturated heterocycles. The van der Waals surface area contributed by atoms with Gasteiger partial charge in [0.1, 0.15) is 6.10 Å². The first kappa shape index (κ1) is 13.2. The van der Waals surface area contributed by atoms with Crippen LogP contribution in [0.1, 0.15) is 23.7 Å². The number of Topliss-reactive ketones (excluding diaryl/α,β-unsaturated/α-hetero) is 2. The van der Waals surface area contributed by atoms with Crippen LogP contribution in [0.15, 0.2) is 18.2 Å². The second-order valence-electron chi connectivity index (χ2n) is 3.63. The molecule has 0 bridgehead atoms. The van der Waals surface area contributed by atoms with Crippen LogP contribution in [-0.2, 0) is 4.79 Å². The summed E-state index contributed by atoms with van der Waals surface area (Å²) in [6.45, 7) is 1.31. The molecule has 5 nitrogen and oxygen atoms in total. The predicted octanol–water partition coefficient (Wildman–Crippen LogP) is 0.923. The molecule has 0 aliphatic rings. The van der Waals surface area contributed by atoms with Gasteiger partial charge in [0.15, 0.2) is 23.1 Å². The molecule has 1 aromatic carbocycles. The number of rotatable bonds is 5. The number of phenolic OH excluding ortho intramolecular Hbond substituents is 1. The monoisotopic (exact) mass is 238 g/mol. The molecule has 0 aromatic heterocycles. The number of phenols is 1. The summed E-state index contributed by atoms with van der Waals surface area (Å²) >= 11 is 0. The van der Waals surface area contributed by atoms with Gasteiger partial charge >= 0.3 is 0 Å². The van der Waals surface area contributed by atoms with Gasteiger partial charge in [0.25, 0.3) is 0 Å². The summed E-state index contributed by atoms with van der Waals surface area (Å²) in [5.41, 5.74) is 0.258. The van der Waals surface area contributed by atoms with E-state index in [1.807, 2.05) is 0 Å². The molecule has 1 unspecified atom stereocenters. The predicted molar refractivity (Wildman–Crippen MR) is 60.3 cm³/mol. The molecule has 1 aromatic rings. The van der Waals surface area contributed by atoms with Gasteiger partial charge in [-0.05, 0) is 25.1 Å². The zero-order chi connectivity index (χ0) is 13.0. The molecule has 0 heterocycles. The van der Waals surface area contributed by atoms with E-state index < -0.39 is 17.7 Å². The highest BCUT2D eigenvalue weighted by Crippen LogP contribution is 2.26. The van der Waals surface area contributed by atoms with Gasteiger partial charge < -0.3 is 14.9 Å². The summed E-state index contributed by atoms with van der Waals surface area (Å²) in [5, 5.41) is 18.3. The molecule has 0 fully saturated rings. The fourth-order valence-corrected chi connectivity index (χ4v) is 1.26. The Kier molecular flexibility index (Phi) is 4.23. The number of aliphatic hydroxyl groups is 1. The lowest BCUT2D eigenvalue weighted by Crippen LogP contribution is -2.19. The first-order chi connectivity index (χ1) is 7.95. The summed E-state index contributed by atoms with van der Waals surface area (Å²) in [4.78, 5) is 22.9. The van der Waals surface area contributed by atoms with Crippen molar-refractivity contribution < 1.29 is 24.5 Å². The van der Waals surface area contributed by atoms with E-state index in [9.17, 15) is 14.7 Å². The van der Waals surface area contributed by atoms with Gasteiger partial charge in [0.2, 0.25) is 0 Å². The van der Waals surface area contributed by atoms with Crippen LogP contribution in [-0.4, -0.2) is 35.0 Å². The van der Waals surface area contributed by atoms with Crippen LogP contribution in [0.25, 0.3) is 0 Å². The normalized spacial score (nSPS) is 11.9. The van der Waals surface area contributed by atoms with Crippen molar-refractivity contribution >= 4 is 11.6 Å². The lowest BCUT2D eigenvalue weighted by atomic mass is 10.0. The van der Waals surface area contributed by atoms with Crippen LogP contribution >= 0.6 is 0 Å². The Morgan fingerprint density at radius 1 is 1.41 bits per heavy atom. The Morgan fingerprint density at radius 2 is 2.06 bits per heavy atom. The van der Waals surface area contributed by atoms with Crippen molar-refractivity contribution in [2.45, 2.75) is 19.4 Å². The van der Waals surface area contributed by atoms with E-state index in [1.165, 1.54) is 32.2 Å². The van der Waals surface area contributed by atoms with Crippen LogP contribution in [0.2, 0.25) is 0 Å². The molecule has 1 atom stereocenters. The highest BCUT2D eigenvalue weighted by Gasteiger charge is 2.16. The number of aromatic hydroxyl groups is 1. The minimum atomic E-state index is -1.15. The van der Waals surface area contributed by atoms with Crippen molar-refractivity contribution in [3.8, 4) is 11.5 Å². The fourth-order valence-electron chi connectivity index (χ4n) is 1.26. The summed E-state index contributed by atoms with van der Waals surface area (Å²) < 4.78 is 4.85. The first-order valence-corrected chi connectivity index (χ1v) is 5.06. The van der Waals surface area contributed by atoms with E-state index in [1.54, 1.807) is 0 Å². The largest absolute Gasteiger partial charge is 0.504 e. The molecule has 92 valence electrons. The van der Waals surface area contributed by atoms with E-state index in [4.69, 9.17) is 9.84 Å². The van der Waals surface area contributed by atoms with E-state index >= 15 is 0 Å². The minimum absolute atomic E-state index is 0.0779. The molecular formula is C12H14O5. The maximum Gasteiger partial charge on any atom is 0.170 e. The van der Waals surface area contributed by atoms with E-state index in [2.05, 4.69) is 0 Å². The van der Waals surface area contributed by atoms with Crippen molar-refractivity contribution in [1.29, 1.82) is 0 Å². The Hall–Kier alpha value is -1.88. The average molecular weight is 238 g/mol. The molecule has 0 aliphatic heterocycles. The molecule has 1 rings (SSSR count). The zero-order valence-corrected chi connectivity index (χ0v) is 9.64.